The third-order valence-electron chi connectivity index (χ3n) is 2.68. The predicted octanol–water partition coefficient (Wildman–Crippen LogP) is 2.05. The van der Waals surface area contributed by atoms with Crippen molar-refractivity contribution >= 4 is 5.91 Å². The van der Waals surface area contributed by atoms with Crippen LogP contribution in [0.4, 0.5) is 13.2 Å². The summed E-state index contributed by atoms with van der Waals surface area (Å²) in [6.07, 6.45) is 1.41. The number of ether oxygens (including phenoxy) is 1. The Kier molecular flexibility index (Phi) is 4.82. The number of carbonyl (C=O) groups excluding carboxylic acids is 1. The Labute approximate surface area is 122 Å². The van der Waals surface area contributed by atoms with E-state index in [4.69, 9.17) is 0 Å². The molecule has 5 nitrogen and oxygen atoms in total. The van der Waals surface area contributed by atoms with Crippen LogP contribution in [0.5, 0.6) is 5.75 Å². The monoisotopic (exact) mass is 312 g/mol. The van der Waals surface area contributed by atoms with Gasteiger partial charge in [0.25, 0.3) is 5.91 Å². The fourth-order valence-corrected chi connectivity index (χ4v) is 1.74. The zero-order chi connectivity index (χ0) is 16.1. The molecule has 0 aliphatic rings. The Balaban J connectivity index is 2.13. The molecule has 116 valence electrons. The van der Waals surface area contributed by atoms with Gasteiger partial charge in [-0.05, 0) is 12.1 Å². The molecule has 2 rings (SSSR count). The van der Waals surface area contributed by atoms with Crippen molar-refractivity contribution in [3.8, 4) is 5.75 Å². The SMILES string of the molecule is O=C(NCc1cc(=O)cc[nH]1)c1ccc(F)cc1OC(F)F. The van der Waals surface area contributed by atoms with Crippen LogP contribution in [0.3, 0.4) is 0 Å². The van der Waals surface area contributed by atoms with Crippen LogP contribution in [0.2, 0.25) is 0 Å². The van der Waals surface area contributed by atoms with Gasteiger partial charge in [-0.2, -0.15) is 8.78 Å². The van der Waals surface area contributed by atoms with Gasteiger partial charge in [-0.1, -0.05) is 0 Å². The number of benzene rings is 1. The molecule has 1 aromatic carbocycles. The van der Waals surface area contributed by atoms with Crippen LogP contribution in [0.15, 0.2) is 41.3 Å². The fourth-order valence-electron chi connectivity index (χ4n) is 1.74. The maximum absolute atomic E-state index is 13.1. The standard InChI is InChI=1S/C14H11F3N2O3/c15-8-1-2-11(12(5-8)22-14(16)17)13(21)19-7-9-6-10(20)3-4-18-9/h1-6,14H,7H2,(H,18,20)(H,19,21). The molecule has 0 saturated heterocycles. The van der Waals surface area contributed by atoms with Crippen LogP contribution in [0, 0.1) is 5.82 Å². The Bertz CT molecular complexity index is 731. The van der Waals surface area contributed by atoms with E-state index >= 15 is 0 Å². The molecule has 0 radical (unpaired) electrons. The van der Waals surface area contributed by atoms with E-state index in [2.05, 4.69) is 15.0 Å². The van der Waals surface area contributed by atoms with Crippen molar-refractivity contribution in [1.29, 1.82) is 0 Å². The van der Waals surface area contributed by atoms with Gasteiger partial charge in [-0.15, -0.1) is 0 Å². The van der Waals surface area contributed by atoms with Gasteiger partial charge in [0.05, 0.1) is 12.1 Å². The lowest BCUT2D eigenvalue weighted by Gasteiger charge is -2.11. The van der Waals surface area contributed by atoms with E-state index in [1.54, 1.807) is 0 Å². The molecule has 1 aromatic heterocycles. The van der Waals surface area contributed by atoms with Crippen LogP contribution in [0.25, 0.3) is 0 Å². The average molecular weight is 312 g/mol. The zero-order valence-corrected chi connectivity index (χ0v) is 11.1. The molecule has 8 heteroatoms. The summed E-state index contributed by atoms with van der Waals surface area (Å²) in [6.45, 7) is -3.21. The van der Waals surface area contributed by atoms with Gasteiger partial charge in [0.2, 0.25) is 0 Å². The summed E-state index contributed by atoms with van der Waals surface area (Å²) < 4.78 is 41.7. The van der Waals surface area contributed by atoms with Crippen LogP contribution >= 0.6 is 0 Å². The molecule has 0 aliphatic heterocycles. The number of hydrogen-bond donors (Lipinski definition) is 2. The molecule has 2 aromatic rings. The predicted molar refractivity (Wildman–Crippen MR) is 71.3 cm³/mol. The first-order valence-electron chi connectivity index (χ1n) is 6.16. The Morgan fingerprint density at radius 1 is 1.27 bits per heavy atom. The highest BCUT2D eigenvalue weighted by Gasteiger charge is 2.16. The first kappa shape index (κ1) is 15.6. The Morgan fingerprint density at radius 3 is 2.73 bits per heavy atom. The number of rotatable bonds is 5. The first-order valence-corrected chi connectivity index (χ1v) is 6.16. The Morgan fingerprint density at radius 2 is 2.05 bits per heavy atom. The summed E-state index contributed by atoms with van der Waals surface area (Å²) in [5.41, 5.74) is -0.0502. The number of H-pyrrole nitrogens is 1. The van der Waals surface area contributed by atoms with Crippen LogP contribution in [0.1, 0.15) is 16.1 Å². The quantitative estimate of drug-likeness (QED) is 0.887. The smallest absolute Gasteiger partial charge is 0.387 e. The third-order valence-corrected chi connectivity index (χ3v) is 2.68. The zero-order valence-electron chi connectivity index (χ0n) is 11.1. The van der Waals surface area contributed by atoms with Crippen molar-refractivity contribution in [2.24, 2.45) is 0 Å². The Hall–Kier alpha value is -2.77. The van der Waals surface area contributed by atoms with E-state index < -0.39 is 24.1 Å². The van der Waals surface area contributed by atoms with E-state index in [1.807, 2.05) is 0 Å². The van der Waals surface area contributed by atoms with E-state index in [1.165, 1.54) is 18.3 Å². The lowest BCUT2D eigenvalue weighted by atomic mass is 10.2. The second-order valence-electron chi connectivity index (χ2n) is 4.25. The normalized spacial score (nSPS) is 10.5. The molecule has 0 bridgehead atoms. The lowest BCUT2D eigenvalue weighted by molar-refractivity contribution is -0.0503. The van der Waals surface area contributed by atoms with Crippen molar-refractivity contribution in [3.05, 3.63) is 63.8 Å². The minimum absolute atomic E-state index is 0.0274. The van der Waals surface area contributed by atoms with E-state index in [0.29, 0.717) is 11.8 Å². The molecule has 0 aliphatic carbocycles. The molecular weight excluding hydrogens is 301 g/mol. The highest BCUT2D eigenvalue weighted by atomic mass is 19.3. The van der Waals surface area contributed by atoms with Gasteiger partial charge in [-0.3, -0.25) is 9.59 Å². The summed E-state index contributed by atoms with van der Waals surface area (Å²) in [6, 6.07) is 5.28. The molecular formula is C14H11F3N2O3. The summed E-state index contributed by atoms with van der Waals surface area (Å²) in [5, 5.41) is 2.42. The topological polar surface area (TPSA) is 71.2 Å². The van der Waals surface area contributed by atoms with Gasteiger partial charge < -0.3 is 15.0 Å². The highest BCUT2D eigenvalue weighted by molar-refractivity contribution is 5.96. The minimum atomic E-state index is -3.18. The molecule has 0 saturated carbocycles. The van der Waals surface area contributed by atoms with Crippen molar-refractivity contribution < 1.29 is 22.7 Å². The number of amides is 1. The number of nitrogens with one attached hydrogen (secondary N) is 2. The maximum atomic E-state index is 13.1. The molecule has 0 atom stereocenters. The first-order chi connectivity index (χ1) is 10.5. The van der Waals surface area contributed by atoms with E-state index in [9.17, 15) is 22.8 Å². The number of halogens is 3. The molecule has 0 fully saturated rings. The summed E-state index contributed by atoms with van der Waals surface area (Å²) >= 11 is 0. The third kappa shape index (κ3) is 4.11. The number of aromatic nitrogens is 1. The summed E-state index contributed by atoms with van der Waals surface area (Å²) in [7, 11) is 0. The lowest BCUT2D eigenvalue weighted by Crippen LogP contribution is -2.25. The van der Waals surface area contributed by atoms with Crippen LogP contribution in [-0.4, -0.2) is 17.5 Å². The second-order valence-corrected chi connectivity index (χ2v) is 4.25. The number of alkyl halides is 2. The van der Waals surface area contributed by atoms with Crippen LogP contribution < -0.4 is 15.5 Å². The van der Waals surface area contributed by atoms with Crippen molar-refractivity contribution in [2.75, 3.05) is 0 Å². The van der Waals surface area contributed by atoms with Crippen molar-refractivity contribution in [3.63, 3.8) is 0 Å². The van der Waals surface area contributed by atoms with Crippen molar-refractivity contribution in [1.82, 2.24) is 10.3 Å². The molecule has 22 heavy (non-hydrogen) atoms. The summed E-state index contributed by atoms with van der Waals surface area (Å²) in [5.74, 6) is -2.10. The number of carbonyl (C=O) groups is 1. The van der Waals surface area contributed by atoms with Gasteiger partial charge >= 0.3 is 6.61 Å². The van der Waals surface area contributed by atoms with E-state index in [-0.39, 0.29) is 17.5 Å². The summed E-state index contributed by atoms with van der Waals surface area (Å²) in [4.78, 5) is 25.9. The minimum Gasteiger partial charge on any atom is -0.434 e. The second kappa shape index (κ2) is 6.79. The molecule has 2 N–H and O–H groups in total. The number of aromatic amines is 1. The molecule has 0 unspecified atom stereocenters. The van der Waals surface area contributed by atoms with Gasteiger partial charge in [0.15, 0.2) is 5.43 Å². The van der Waals surface area contributed by atoms with Gasteiger partial charge in [-0.25, -0.2) is 4.39 Å². The number of pyridine rings is 1. The maximum Gasteiger partial charge on any atom is 0.387 e. The average Bonchev–Trinajstić information content (AvgIpc) is 2.44. The largest absolute Gasteiger partial charge is 0.434 e. The highest BCUT2D eigenvalue weighted by Crippen LogP contribution is 2.22. The van der Waals surface area contributed by atoms with Crippen LogP contribution in [-0.2, 0) is 6.54 Å². The van der Waals surface area contributed by atoms with Gasteiger partial charge in [0, 0.05) is 30.1 Å². The fraction of sp³-hybridized carbons (Fsp3) is 0.143. The molecule has 1 heterocycles. The van der Waals surface area contributed by atoms with Crippen molar-refractivity contribution in [2.45, 2.75) is 13.2 Å². The van der Waals surface area contributed by atoms with E-state index in [0.717, 1.165) is 12.1 Å². The number of hydrogen-bond acceptors (Lipinski definition) is 3. The van der Waals surface area contributed by atoms with Gasteiger partial charge in [0.1, 0.15) is 11.6 Å². The molecule has 1 amide bonds. The molecule has 0 spiro atoms.